The van der Waals surface area contributed by atoms with Gasteiger partial charge in [-0.2, -0.15) is 0 Å². The van der Waals surface area contributed by atoms with Gasteiger partial charge in [0.2, 0.25) is 0 Å². The first-order valence-electron chi connectivity index (χ1n) is 10.1. The fourth-order valence-corrected chi connectivity index (χ4v) is 3.14. The lowest BCUT2D eigenvalue weighted by atomic mass is 10.1. The summed E-state index contributed by atoms with van der Waals surface area (Å²) in [4.78, 5) is 1.43. The summed E-state index contributed by atoms with van der Waals surface area (Å²) in [6.45, 7) is 2.90. The predicted molar refractivity (Wildman–Crippen MR) is 111 cm³/mol. The summed E-state index contributed by atoms with van der Waals surface area (Å²) in [6, 6.07) is 10.7. The maximum Gasteiger partial charge on any atom is 0.146 e. The smallest absolute Gasteiger partial charge is 0.146 e. The first kappa shape index (κ1) is 20.0. The number of unbranched alkanes of at least 4 members (excludes halogenated alkanes) is 6. The third-order valence-corrected chi connectivity index (χ3v) is 4.77. The van der Waals surface area contributed by atoms with Crippen LogP contribution in [0.15, 0.2) is 36.4 Å². The third-order valence-electron chi connectivity index (χ3n) is 4.77. The minimum atomic E-state index is 0.0873. The zero-order valence-electron chi connectivity index (χ0n) is 16.7. The number of nitrogens with zero attached hydrogens (tertiary/aromatic N) is 3. The van der Waals surface area contributed by atoms with E-state index in [1.807, 2.05) is 24.3 Å². The van der Waals surface area contributed by atoms with Crippen LogP contribution in [0.1, 0.15) is 51.9 Å². The van der Waals surface area contributed by atoms with Crippen molar-refractivity contribution in [3.05, 3.63) is 36.4 Å². The zero-order chi connectivity index (χ0) is 19.8. The van der Waals surface area contributed by atoms with Crippen LogP contribution in [-0.4, -0.2) is 33.8 Å². The summed E-state index contributed by atoms with van der Waals surface area (Å²) < 4.78 is 11.0. The summed E-state index contributed by atoms with van der Waals surface area (Å²) in [5.74, 6) is 1.47. The van der Waals surface area contributed by atoms with Crippen LogP contribution in [-0.2, 0) is 0 Å². The number of aromatic hydroxyl groups is 1. The van der Waals surface area contributed by atoms with Crippen LogP contribution in [0.5, 0.6) is 17.2 Å². The Morgan fingerprint density at radius 3 is 2.32 bits per heavy atom. The molecule has 3 aromatic rings. The molecule has 2 aromatic carbocycles. The lowest BCUT2D eigenvalue weighted by Crippen LogP contribution is -2.01. The van der Waals surface area contributed by atoms with E-state index in [2.05, 4.69) is 17.1 Å². The molecule has 0 unspecified atom stereocenters. The number of aromatic nitrogens is 3. The predicted octanol–water partition coefficient (Wildman–Crippen LogP) is 5.26. The fourth-order valence-electron chi connectivity index (χ4n) is 3.14. The second-order valence-electron chi connectivity index (χ2n) is 6.96. The Morgan fingerprint density at radius 1 is 0.857 bits per heavy atom. The molecule has 0 fully saturated rings. The summed E-state index contributed by atoms with van der Waals surface area (Å²) in [5, 5.41) is 19.2. The molecule has 3 rings (SSSR count). The van der Waals surface area contributed by atoms with Crippen LogP contribution in [0, 0.1) is 0 Å². The van der Waals surface area contributed by atoms with E-state index in [1.165, 1.54) is 43.3 Å². The van der Waals surface area contributed by atoms with Gasteiger partial charge in [0.25, 0.3) is 0 Å². The van der Waals surface area contributed by atoms with E-state index in [0.717, 1.165) is 17.7 Å². The highest BCUT2D eigenvalue weighted by molar-refractivity contribution is 5.75. The summed E-state index contributed by atoms with van der Waals surface area (Å²) in [7, 11) is 1.61. The molecule has 1 aromatic heterocycles. The van der Waals surface area contributed by atoms with Crippen LogP contribution < -0.4 is 9.47 Å². The quantitative estimate of drug-likeness (QED) is 0.457. The molecule has 0 atom stereocenters. The van der Waals surface area contributed by atoms with Crippen LogP contribution in [0.2, 0.25) is 0 Å². The zero-order valence-corrected chi connectivity index (χ0v) is 16.7. The molecule has 0 bridgehead atoms. The van der Waals surface area contributed by atoms with E-state index in [1.54, 1.807) is 19.2 Å². The molecular weight excluding hydrogens is 354 g/mol. The lowest BCUT2D eigenvalue weighted by Gasteiger charge is -2.09. The number of hydrogen-bond donors (Lipinski definition) is 1. The normalized spacial score (nSPS) is 11.1. The third kappa shape index (κ3) is 5.15. The highest BCUT2D eigenvalue weighted by Crippen LogP contribution is 2.27. The molecule has 150 valence electrons. The Morgan fingerprint density at radius 2 is 1.57 bits per heavy atom. The number of ether oxygens (including phenoxy) is 2. The first-order valence-corrected chi connectivity index (χ1v) is 10.1. The average molecular weight is 383 g/mol. The topological polar surface area (TPSA) is 69.4 Å². The number of fused-ring (bicyclic) bond motifs is 1. The second kappa shape index (κ2) is 9.97. The van der Waals surface area contributed by atoms with Crippen molar-refractivity contribution in [3.8, 4) is 22.9 Å². The summed E-state index contributed by atoms with van der Waals surface area (Å²) in [6.07, 6.45) is 8.72. The Hall–Kier alpha value is -2.76. The minimum Gasteiger partial charge on any atom is -0.505 e. The van der Waals surface area contributed by atoms with Gasteiger partial charge in [0.15, 0.2) is 0 Å². The standard InChI is InChI=1S/C22H29N3O3/c1-3-4-5-6-7-8-9-14-28-18-11-13-21(22(26)16-18)25-23-19-12-10-17(27-2)15-20(19)24-25/h10-13,15-16,26H,3-9,14H2,1-2H3. The fraction of sp³-hybridized carbons (Fsp3) is 0.455. The van der Waals surface area contributed by atoms with Crippen molar-refractivity contribution in [2.45, 2.75) is 51.9 Å². The number of benzene rings is 2. The van der Waals surface area contributed by atoms with Gasteiger partial charge >= 0.3 is 0 Å². The van der Waals surface area contributed by atoms with Gasteiger partial charge in [-0.1, -0.05) is 45.4 Å². The van der Waals surface area contributed by atoms with Crippen LogP contribution in [0.25, 0.3) is 16.7 Å². The lowest BCUT2D eigenvalue weighted by molar-refractivity contribution is 0.302. The van der Waals surface area contributed by atoms with Gasteiger partial charge in [0.05, 0.1) is 13.7 Å². The van der Waals surface area contributed by atoms with E-state index in [4.69, 9.17) is 9.47 Å². The molecule has 6 heteroatoms. The highest BCUT2D eigenvalue weighted by Gasteiger charge is 2.11. The molecule has 1 heterocycles. The number of rotatable bonds is 11. The van der Waals surface area contributed by atoms with Crippen molar-refractivity contribution in [3.63, 3.8) is 0 Å². The second-order valence-corrected chi connectivity index (χ2v) is 6.96. The summed E-state index contributed by atoms with van der Waals surface area (Å²) in [5.41, 5.74) is 1.95. The van der Waals surface area contributed by atoms with E-state index in [-0.39, 0.29) is 5.75 Å². The largest absolute Gasteiger partial charge is 0.505 e. The molecule has 0 saturated heterocycles. The average Bonchev–Trinajstić information content (AvgIpc) is 3.12. The van der Waals surface area contributed by atoms with E-state index in [9.17, 15) is 5.11 Å². The van der Waals surface area contributed by atoms with Gasteiger partial charge in [-0.05, 0) is 30.7 Å². The monoisotopic (exact) mass is 383 g/mol. The summed E-state index contributed by atoms with van der Waals surface area (Å²) >= 11 is 0. The van der Waals surface area contributed by atoms with Gasteiger partial charge in [-0.25, -0.2) is 0 Å². The number of phenols is 1. The van der Waals surface area contributed by atoms with Gasteiger partial charge in [-0.15, -0.1) is 15.0 Å². The first-order chi connectivity index (χ1) is 13.7. The molecule has 1 N–H and O–H groups in total. The molecule has 0 radical (unpaired) electrons. The Balaban J connectivity index is 1.55. The molecule has 0 spiro atoms. The maximum atomic E-state index is 10.4. The van der Waals surface area contributed by atoms with Gasteiger partial charge < -0.3 is 14.6 Å². The molecule has 0 aliphatic rings. The minimum absolute atomic E-state index is 0.0873. The molecular formula is C22H29N3O3. The molecule has 0 saturated carbocycles. The van der Waals surface area contributed by atoms with Crippen molar-refractivity contribution in [1.29, 1.82) is 0 Å². The Kier molecular flexibility index (Phi) is 7.12. The van der Waals surface area contributed by atoms with Gasteiger partial charge in [-0.3, -0.25) is 0 Å². The van der Waals surface area contributed by atoms with E-state index in [0.29, 0.717) is 23.6 Å². The van der Waals surface area contributed by atoms with Crippen LogP contribution >= 0.6 is 0 Å². The van der Waals surface area contributed by atoms with Crippen LogP contribution in [0.4, 0.5) is 0 Å². The number of methoxy groups -OCH3 is 1. The highest BCUT2D eigenvalue weighted by atomic mass is 16.5. The molecule has 0 aliphatic heterocycles. The maximum absolute atomic E-state index is 10.4. The van der Waals surface area contributed by atoms with Gasteiger partial charge in [0, 0.05) is 12.1 Å². The Bertz CT molecular complexity index is 892. The molecule has 0 amide bonds. The van der Waals surface area contributed by atoms with Crippen molar-refractivity contribution in [1.82, 2.24) is 15.0 Å². The van der Waals surface area contributed by atoms with E-state index >= 15 is 0 Å². The van der Waals surface area contributed by atoms with Crippen molar-refractivity contribution in [2.75, 3.05) is 13.7 Å². The molecule has 6 nitrogen and oxygen atoms in total. The number of phenolic OH excluding ortho intramolecular Hbond substituents is 1. The SMILES string of the molecule is CCCCCCCCCOc1ccc(-n2nc3ccc(OC)cc3n2)c(O)c1. The number of hydrogen-bond acceptors (Lipinski definition) is 5. The van der Waals surface area contributed by atoms with Gasteiger partial charge in [0.1, 0.15) is 34.0 Å². The van der Waals surface area contributed by atoms with Crippen molar-refractivity contribution < 1.29 is 14.6 Å². The Labute approximate surface area is 166 Å². The van der Waals surface area contributed by atoms with E-state index < -0.39 is 0 Å². The molecule has 28 heavy (non-hydrogen) atoms. The van der Waals surface area contributed by atoms with Crippen LogP contribution in [0.3, 0.4) is 0 Å². The van der Waals surface area contributed by atoms with Crippen molar-refractivity contribution >= 4 is 11.0 Å². The molecule has 0 aliphatic carbocycles. The van der Waals surface area contributed by atoms with Crippen molar-refractivity contribution in [2.24, 2.45) is 0 Å².